The summed E-state index contributed by atoms with van der Waals surface area (Å²) in [6.07, 6.45) is 6.04. The van der Waals surface area contributed by atoms with Crippen LogP contribution in [0.15, 0.2) is 0 Å². The number of hydrogen-bond acceptors (Lipinski definition) is 3. The van der Waals surface area contributed by atoms with Crippen molar-refractivity contribution in [2.24, 2.45) is 5.92 Å². The molecule has 2 aliphatic rings. The molecule has 0 radical (unpaired) electrons. The van der Waals surface area contributed by atoms with Gasteiger partial charge in [0, 0.05) is 18.6 Å². The molecule has 0 aliphatic carbocycles. The molecule has 2 aliphatic heterocycles. The Morgan fingerprint density at radius 1 is 1.44 bits per heavy atom. The van der Waals surface area contributed by atoms with Crippen LogP contribution in [0.4, 0.5) is 0 Å². The molecular formula is C13H23N3. The Balaban J connectivity index is 1.86. The first kappa shape index (κ1) is 11.9. The van der Waals surface area contributed by atoms with Gasteiger partial charge in [-0.15, -0.1) is 0 Å². The minimum Gasteiger partial charge on any atom is -0.314 e. The quantitative estimate of drug-likeness (QED) is 0.789. The predicted molar refractivity (Wildman–Crippen MR) is 65.0 cm³/mol. The molecule has 0 aromatic carbocycles. The summed E-state index contributed by atoms with van der Waals surface area (Å²) < 4.78 is 0. The van der Waals surface area contributed by atoms with Crippen molar-refractivity contribution >= 4 is 0 Å². The molecule has 3 atom stereocenters. The van der Waals surface area contributed by atoms with Crippen LogP contribution < -0.4 is 5.32 Å². The van der Waals surface area contributed by atoms with Crippen molar-refractivity contribution in [2.45, 2.75) is 51.1 Å². The molecule has 1 N–H and O–H groups in total. The van der Waals surface area contributed by atoms with Gasteiger partial charge in [0.05, 0.1) is 12.5 Å². The number of nitriles is 1. The Kier molecular flexibility index (Phi) is 4.20. The summed E-state index contributed by atoms with van der Waals surface area (Å²) >= 11 is 0. The highest BCUT2D eigenvalue weighted by Gasteiger charge is 2.30. The van der Waals surface area contributed by atoms with E-state index in [1.807, 2.05) is 0 Å². The van der Waals surface area contributed by atoms with Crippen molar-refractivity contribution in [1.29, 1.82) is 5.26 Å². The van der Waals surface area contributed by atoms with E-state index in [0.29, 0.717) is 12.5 Å². The molecule has 2 fully saturated rings. The van der Waals surface area contributed by atoms with Crippen LogP contribution in [-0.4, -0.2) is 36.6 Å². The molecule has 0 aromatic heterocycles. The van der Waals surface area contributed by atoms with E-state index in [0.717, 1.165) is 12.0 Å². The summed E-state index contributed by atoms with van der Waals surface area (Å²) in [5.74, 6) is 0.817. The van der Waals surface area contributed by atoms with Crippen molar-refractivity contribution in [3.8, 4) is 6.07 Å². The standard InChI is InChI=1S/C13H23N3/c1-11(6-7-14)16-9-3-4-12(10-16)13-5-2-8-15-13/h11-13,15H,2-6,8-10H2,1H3. The first-order valence-electron chi connectivity index (χ1n) is 6.65. The summed E-state index contributed by atoms with van der Waals surface area (Å²) in [7, 11) is 0. The zero-order valence-electron chi connectivity index (χ0n) is 10.3. The number of nitrogens with zero attached hydrogens (tertiary/aromatic N) is 2. The van der Waals surface area contributed by atoms with Crippen LogP contribution in [0.3, 0.4) is 0 Å². The molecule has 0 aromatic rings. The molecule has 0 saturated carbocycles. The van der Waals surface area contributed by atoms with Crippen LogP contribution in [0.5, 0.6) is 0 Å². The lowest BCUT2D eigenvalue weighted by atomic mass is 9.89. The second kappa shape index (κ2) is 5.65. The molecule has 3 nitrogen and oxygen atoms in total. The first-order chi connectivity index (χ1) is 7.81. The van der Waals surface area contributed by atoms with E-state index in [9.17, 15) is 0 Å². The third kappa shape index (κ3) is 2.75. The highest BCUT2D eigenvalue weighted by atomic mass is 15.2. The maximum absolute atomic E-state index is 8.76. The van der Waals surface area contributed by atoms with Gasteiger partial charge in [-0.25, -0.2) is 0 Å². The van der Waals surface area contributed by atoms with Crippen LogP contribution >= 0.6 is 0 Å². The summed E-state index contributed by atoms with van der Waals surface area (Å²) in [4.78, 5) is 2.51. The molecule has 0 spiro atoms. The smallest absolute Gasteiger partial charge is 0.0638 e. The highest BCUT2D eigenvalue weighted by Crippen LogP contribution is 2.26. The second-order valence-corrected chi connectivity index (χ2v) is 5.31. The zero-order valence-corrected chi connectivity index (χ0v) is 10.3. The van der Waals surface area contributed by atoms with Gasteiger partial charge in [0.25, 0.3) is 0 Å². The molecule has 0 amide bonds. The Hall–Kier alpha value is -0.590. The molecule has 2 heterocycles. The fourth-order valence-electron chi connectivity index (χ4n) is 3.14. The average molecular weight is 221 g/mol. The minimum atomic E-state index is 0.439. The van der Waals surface area contributed by atoms with E-state index >= 15 is 0 Å². The van der Waals surface area contributed by atoms with E-state index < -0.39 is 0 Å². The van der Waals surface area contributed by atoms with Gasteiger partial charge in [-0.1, -0.05) is 0 Å². The lowest BCUT2D eigenvalue weighted by Gasteiger charge is -2.38. The van der Waals surface area contributed by atoms with Crippen LogP contribution in [0.1, 0.15) is 39.0 Å². The van der Waals surface area contributed by atoms with Gasteiger partial charge >= 0.3 is 0 Å². The van der Waals surface area contributed by atoms with Gasteiger partial charge in [0.2, 0.25) is 0 Å². The highest BCUT2D eigenvalue weighted by molar-refractivity contribution is 4.89. The molecule has 3 heteroatoms. The first-order valence-corrected chi connectivity index (χ1v) is 6.65. The van der Waals surface area contributed by atoms with E-state index in [-0.39, 0.29) is 0 Å². The van der Waals surface area contributed by atoms with Crippen LogP contribution in [0.25, 0.3) is 0 Å². The number of piperidine rings is 1. The van der Waals surface area contributed by atoms with Crippen molar-refractivity contribution in [2.75, 3.05) is 19.6 Å². The van der Waals surface area contributed by atoms with Gasteiger partial charge in [0.15, 0.2) is 0 Å². The van der Waals surface area contributed by atoms with Crippen molar-refractivity contribution in [3.05, 3.63) is 0 Å². The Morgan fingerprint density at radius 2 is 2.31 bits per heavy atom. The summed E-state index contributed by atoms with van der Waals surface area (Å²) in [6, 6.07) is 3.48. The molecule has 3 unspecified atom stereocenters. The normalized spacial score (nSPS) is 33.5. The van der Waals surface area contributed by atoms with Crippen LogP contribution in [0.2, 0.25) is 0 Å². The van der Waals surface area contributed by atoms with Gasteiger partial charge < -0.3 is 5.32 Å². The van der Waals surface area contributed by atoms with Gasteiger partial charge in [0.1, 0.15) is 0 Å². The molecular weight excluding hydrogens is 198 g/mol. The van der Waals surface area contributed by atoms with E-state index in [1.165, 1.54) is 45.3 Å². The molecule has 90 valence electrons. The van der Waals surface area contributed by atoms with Crippen molar-refractivity contribution < 1.29 is 0 Å². The van der Waals surface area contributed by atoms with Crippen LogP contribution in [0, 0.1) is 17.2 Å². The lowest BCUT2D eigenvalue weighted by molar-refractivity contribution is 0.116. The zero-order chi connectivity index (χ0) is 11.4. The van der Waals surface area contributed by atoms with Crippen molar-refractivity contribution in [1.82, 2.24) is 10.2 Å². The lowest BCUT2D eigenvalue weighted by Crippen LogP contribution is -2.46. The third-order valence-corrected chi connectivity index (χ3v) is 4.17. The number of likely N-dealkylation sites (tertiary alicyclic amines) is 1. The number of rotatable bonds is 3. The Labute approximate surface area is 98.8 Å². The SMILES string of the molecule is CC(CC#N)N1CCCC(C2CCCN2)C1. The average Bonchev–Trinajstić information content (AvgIpc) is 2.83. The Bertz CT molecular complexity index is 252. The second-order valence-electron chi connectivity index (χ2n) is 5.31. The molecule has 2 rings (SSSR count). The fourth-order valence-corrected chi connectivity index (χ4v) is 3.14. The molecule has 0 bridgehead atoms. The summed E-state index contributed by atoms with van der Waals surface area (Å²) in [6.45, 7) is 5.77. The van der Waals surface area contributed by atoms with Gasteiger partial charge in [-0.2, -0.15) is 5.26 Å². The fraction of sp³-hybridized carbons (Fsp3) is 0.923. The number of hydrogen-bond donors (Lipinski definition) is 1. The number of nitrogens with one attached hydrogen (secondary N) is 1. The maximum Gasteiger partial charge on any atom is 0.0638 e. The summed E-state index contributed by atoms with van der Waals surface area (Å²) in [5, 5.41) is 12.4. The van der Waals surface area contributed by atoms with E-state index in [4.69, 9.17) is 5.26 Å². The minimum absolute atomic E-state index is 0.439. The molecule has 2 saturated heterocycles. The third-order valence-electron chi connectivity index (χ3n) is 4.17. The van der Waals surface area contributed by atoms with Gasteiger partial charge in [-0.3, -0.25) is 4.90 Å². The maximum atomic E-state index is 8.76. The van der Waals surface area contributed by atoms with Crippen LogP contribution in [-0.2, 0) is 0 Å². The largest absolute Gasteiger partial charge is 0.314 e. The molecule has 16 heavy (non-hydrogen) atoms. The Morgan fingerprint density at radius 3 is 3.00 bits per heavy atom. The monoisotopic (exact) mass is 221 g/mol. The van der Waals surface area contributed by atoms with E-state index in [1.54, 1.807) is 0 Å². The summed E-state index contributed by atoms with van der Waals surface area (Å²) in [5.41, 5.74) is 0. The van der Waals surface area contributed by atoms with E-state index in [2.05, 4.69) is 23.2 Å². The van der Waals surface area contributed by atoms with Crippen molar-refractivity contribution in [3.63, 3.8) is 0 Å². The predicted octanol–water partition coefficient (Wildman–Crippen LogP) is 1.75. The topological polar surface area (TPSA) is 39.1 Å². The van der Waals surface area contributed by atoms with Gasteiger partial charge in [-0.05, 0) is 51.6 Å².